The van der Waals surface area contributed by atoms with Crippen LogP contribution in [0.1, 0.15) is 35.6 Å². The Morgan fingerprint density at radius 1 is 1.04 bits per heavy atom. The second-order valence-electron chi connectivity index (χ2n) is 7.03. The van der Waals surface area contributed by atoms with Crippen LogP contribution in [0.4, 0.5) is 0 Å². The van der Waals surface area contributed by atoms with Crippen molar-refractivity contribution in [3.8, 4) is 0 Å². The quantitative estimate of drug-likeness (QED) is 0.692. The first-order valence-electron chi connectivity index (χ1n) is 9.64. The van der Waals surface area contributed by atoms with E-state index in [2.05, 4.69) is 36.5 Å². The maximum Gasteiger partial charge on any atom is 0.242 e. The molecule has 28 heavy (non-hydrogen) atoms. The molecule has 1 N–H and O–H groups in total. The van der Waals surface area contributed by atoms with Crippen LogP contribution < -0.4 is 5.32 Å². The van der Waals surface area contributed by atoms with Crippen molar-refractivity contribution in [3.63, 3.8) is 0 Å². The van der Waals surface area contributed by atoms with Crippen LogP contribution in [0.2, 0.25) is 0 Å². The molecule has 0 fully saturated rings. The topological polar surface area (TPSA) is 49.4 Å². The second kappa shape index (κ2) is 10.9. The van der Waals surface area contributed by atoms with Gasteiger partial charge in [0.2, 0.25) is 11.8 Å². The summed E-state index contributed by atoms with van der Waals surface area (Å²) in [4.78, 5) is 27.1. The van der Waals surface area contributed by atoms with E-state index in [-0.39, 0.29) is 11.8 Å². The van der Waals surface area contributed by atoms with Gasteiger partial charge in [-0.1, -0.05) is 66.6 Å². The lowest BCUT2D eigenvalue weighted by Crippen LogP contribution is -2.48. The van der Waals surface area contributed by atoms with Crippen molar-refractivity contribution < 1.29 is 9.59 Å². The number of amides is 2. The zero-order valence-electron chi connectivity index (χ0n) is 17.2. The number of hydrogen-bond acceptors (Lipinski definition) is 3. The van der Waals surface area contributed by atoms with Crippen molar-refractivity contribution in [2.24, 2.45) is 0 Å². The molecule has 5 heteroatoms. The molecule has 2 aromatic rings. The standard InChI is InChI=1S/C23H30N2O2S/c1-5-21(23(27)24-4)25(14-19-10-6-8-17(2)12-19)22(26)16-28-15-20-11-7-9-18(3)13-20/h6-13,21H,5,14-16H2,1-4H3,(H,24,27)/t21-/m0/s1. The largest absolute Gasteiger partial charge is 0.357 e. The van der Waals surface area contributed by atoms with E-state index in [1.165, 1.54) is 11.1 Å². The number of nitrogens with zero attached hydrogens (tertiary/aromatic N) is 1. The number of carbonyl (C=O) groups excluding carboxylic acids is 2. The Bertz CT molecular complexity index is 807. The van der Waals surface area contributed by atoms with Gasteiger partial charge in [-0.3, -0.25) is 9.59 Å². The van der Waals surface area contributed by atoms with Crippen LogP contribution in [0.5, 0.6) is 0 Å². The molecule has 0 unspecified atom stereocenters. The molecule has 0 aliphatic heterocycles. The fourth-order valence-corrected chi connectivity index (χ4v) is 4.09. The zero-order valence-corrected chi connectivity index (χ0v) is 18.0. The van der Waals surface area contributed by atoms with Gasteiger partial charge in [0.1, 0.15) is 6.04 Å². The third kappa shape index (κ3) is 6.41. The van der Waals surface area contributed by atoms with E-state index in [1.807, 2.05) is 38.1 Å². The number of carbonyl (C=O) groups is 2. The van der Waals surface area contributed by atoms with Crippen LogP contribution in [0, 0.1) is 13.8 Å². The fraction of sp³-hybridized carbons (Fsp3) is 0.391. The maximum absolute atomic E-state index is 13.0. The van der Waals surface area contributed by atoms with Crippen molar-refractivity contribution in [1.29, 1.82) is 0 Å². The van der Waals surface area contributed by atoms with Gasteiger partial charge in [0.25, 0.3) is 0 Å². The van der Waals surface area contributed by atoms with Gasteiger partial charge in [0.15, 0.2) is 0 Å². The molecule has 2 aromatic carbocycles. The highest BCUT2D eigenvalue weighted by molar-refractivity contribution is 7.99. The number of aryl methyl sites for hydroxylation is 2. The summed E-state index contributed by atoms with van der Waals surface area (Å²) in [6.45, 7) is 6.48. The maximum atomic E-state index is 13.0. The lowest BCUT2D eigenvalue weighted by atomic mass is 10.1. The molecule has 0 heterocycles. The molecule has 0 aromatic heterocycles. The van der Waals surface area contributed by atoms with Gasteiger partial charge < -0.3 is 10.2 Å². The summed E-state index contributed by atoms with van der Waals surface area (Å²) >= 11 is 1.59. The number of benzene rings is 2. The lowest BCUT2D eigenvalue weighted by Gasteiger charge is -2.30. The van der Waals surface area contributed by atoms with Crippen LogP contribution in [0.3, 0.4) is 0 Å². The van der Waals surface area contributed by atoms with Crippen molar-refractivity contribution >= 4 is 23.6 Å². The molecule has 0 saturated heterocycles. The molecule has 0 aliphatic rings. The predicted molar refractivity (Wildman–Crippen MR) is 117 cm³/mol. The SMILES string of the molecule is CC[C@@H](C(=O)NC)N(Cc1cccc(C)c1)C(=O)CSCc1cccc(C)c1. The van der Waals surface area contributed by atoms with Crippen LogP contribution in [-0.4, -0.2) is 35.6 Å². The monoisotopic (exact) mass is 398 g/mol. The molecule has 4 nitrogen and oxygen atoms in total. The zero-order chi connectivity index (χ0) is 20.5. The molecular weight excluding hydrogens is 368 g/mol. The Kier molecular flexibility index (Phi) is 8.58. The number of rotatable bonds is 9. The Morgan fingerprint density at radius 2 is 1.64 bits per heavy atom. The van der Waals surface area contributed by atoms with E-state index in [1.54, 1.807) is 23.7 Å². The van der Waals surface area contributed by atoms with Gasteiger partial charge in [-0.05, 0) is 31.4 Å². The summed E-state index contributed by atoms with van der Waals surface area (Å²) in [6, 6.07) is 16.0. The van der Waals surface area contributed by atoms with E-state index < -0.39 is 6.04 Å². The average Bonchev–Trinajstić information content (AvgIpc) is 2.67. The minimum atomic E-state index is -0.461. The summed E-state index contributed by atoms with van der Waals surface area (Å²) in [5, 5.41) is 2.70. The minimum Gasteiger partial charge on any atom is -0.357 e. The summed E-state index contributed by atoms with van der Waals surface area (Å²) in [7, 11) is 1.62. The molecule has 0 saturated carbocycles. The van der Waals surface area contributed by atoms with Gasteiger partial charge in [0.05, 0.1) is 5.75 Å². The van der Waals surface area contributed by atoms with Crippen LogP contribution in [-0.2, 0) is 21.9 Å². The van der Waals surface area contributed by atoms with Gasteiger partial charge >= 0.3 is 0 Å². The first-order valence-corrected chi connectivity index (χ1v) is 10.8. The Hall–Kier alpha value is -2.27. The third-order valence-electron chi connectivity index (χ3n) is 4.64. The number of likely N-dealkylation sites (N-methyl/N-ethyl adjacent to an activating group) is 1. The molecule has 0 spiro atoms. The summed E-state index contributed by atoms with van der Waals surface area (Å²) < 4.78 is 0. The van der Waals surface area contributed by atoms with Crippen molar-refractivity contribution in [2.75, 3.05) is 12.8 Å². The minimum absolute atomic E-state index is 0.00499. The van der Waals surface area contributed by atoms with Crippen LogP contribution in [0.15, 0.2) is 48.5 Å². The average molecular weight is 399 g/mol. The van der Waals surface area contributed by atoms with E-state index in [0.717, 1.165) is 16.9 Å². The normalized spacial score (nSPS) is 11.7. The van der Waals surface area contributed by atoms with E-state index >= 15 is 0 Å². The van der Waals surface area contributed by atoms with Crippen molar-refractivity contribution in [1.82, 2.24) is 10.2 Å². The van der Waals surface area contributed by atoms with Crippen LogP contribution >= 0.6 is 11.8 Å². The molecule has 0 bridgehead atoms. The molecule has 0 radical (unpaired) electrons. The van der Waals surface area contributed by atoms with Gasteiger partial charge in [0, 0.05) is 19.3 Å². The van der Waals surface area contributed by atoms with Crippen molar-refractivity contribution in [2.45, 2.75) is 45.5 Å². The van der Waals surface area contributed by atoms with Gasteiger partial charge in [-0.25, -0.2) is 0 Å². The van der Waals surface area contributed by atoms with E-state index in [9.17, 15) is 9.59 Å². The number of nitrogens with one attached hydrogen (secondary N) is 1. The first kappa shape index (κ1) is 22.0. The third-order valence-corrected chi connectivity index (χ3v) is 5.63. The molecule has 2 rings (SSSR count). The van der Waals surface area contributed by atoms with Crippen LogP contribution in [0.25, 0.3) is 0 Å². The lowest BCUT2D eigenvalue weighted by molar-refractivity contribution is -0.139. The first-order chi connectivity index (χ1) is 13.4. The molecular formula is C23H30N2O2S. The fourth-order valence-electron chi connectivity index (χ4n) is 3.23. The molecule has 1 atom stereocenters. The number of hydrogen-bond donors (Lipinski definition) is 1. The Labute approximate surface area is 172 Å². The Morgan fingerprint density at radius 3 is 2.21 bits per heavy atom. The van der Waals surface area contributed by atoms with E-state index in [4.69, 9.17) is 0 Å². The highest BCUT2D eigenvalue weighted by Crippen LogP contribution is 2.18. The van der Waals surface area contributed by atoms with Crippen molar-refractivity contribution in [3.05, 3.63) is 70.8 Å². The van der Waals surface area contributed by atoms with Gasteiger partial charge in [-0.15, -0.1) is 11.8 Å². The summed E-state index contributed by atoms with van der Waals surface area (Å²) in [5.74, 6) is 1.01. The summed E-state index contributed by atoms with van der Waals surface area (Å²) in [5.41, 5.74) is 4.61. The highest BCUT2D eigenvalue weighted by Gasteiger charge is 2.27. The molecule has 0 aliphatic carbocycles. The highest BCUT2D eigenvalue weighted by atomic mass is 32.2. The molecule has 2 amide bonds. The molecule has 150 valence electrons. The number of thioether (sulfide) groups is 1. The Balaban J connectivity index is 2.10. The van der Waals surface area contributed by atoms with E-state index in [0.29, 0.717) is 18.7 Å². The predicted octanol–water partition coefficient (Wildman–Crippen LogP) is 4.09. The second-order valence-corrected chi connectivity index (χ2v) is 8.02. The summed E-state index contributed by atoms with van der Waals surface area (Å²) in [6.07, 6.45) is 0.583. The smallest absolute Gasteiger partial charge is 0.242 e. The van der Waals surface area contributed by atoms with Gasteiger partial charge in [-0.2, -0.15) is 0 Å².